The van der Waals surface area contributed by atoms with Crippen LogP contribution in [0.15, 0.2) is 64.0 Å². The van der Waals surface area contributed by atoms with Gasteiger partial charge in [0.1, 0.15) is 0 Å². The van der Waals surface area contributed by atoms with Gasteiger partial charge < -0.3 is 4.90 Å². The number of carbonyl (C=O) groups is 1. The predicted octanol–water partition coefficient (Wildman–Crippen LogP) is 2.78. The van der Waals surface area contributed by atoms with Crippen LogP contribution in [0.25, 0.3) is 0 Å². The Labute approximate surface area is 144 Å². The monoisotopic (exact) mass is 396 g/mol. The molecule has 1 amide bonds. The number of benzene rings is 2. The first-order valence-corrected chi connectivity index (χ1v) is 9.26. The maximum absolute atomic E-state index is 12.1. The Balaban J connectivity index is 2.03. The molecule has 0 saturated carbocycles. The highest BCUT2D eigenvalue weighted by Crippen LogP contribution is 2.18. The fourth-order valence-electron chi connectivity index (χ4n) is 2.06. The number of hydrogen-bond acceptors (Lipinski definition) is 3. The maximum atomic E-state index is 12.1. The van der Waals surface area contributed by atoms with Gasteiger partial charge in [0.15, 0.2) is 0 Å². The van der Waals surface area contributed by atoms with Crippen molar-refractivity contribution in [3.05, 3.63) is 59.1 Å². The lowest BCUT2D eigenvalue weighted by molar-refractivity contribution is -0.116. The molecule has 1 N–H and O–H groups in total. The molecular formula is C16H17BrN2O3S. The van der Waals surface area contributed by atoms with Crippen molar-refractivity contribution in [3.63, 3.8) is 0 Å². The zero-order chi connectivity index (χ0) is 16.9. The highest BCUT2D eigenvalue weighted by Gasteiger charge is 2.15. The van der Waals surface area contributed by atoms with Crippen LogP contribution < -0.4 is 9.62 Å². The molecule has 0 spiro atoms. The molecular weight excluding hydrogens is 380 g/mol. The van der Waals surface area contributed by atoms with Crippen molar-refractivity contribution in [2.24, 2.45) is 0 Å². The first-order valence-electron chi connectivity index (χ1n) is 6.98. The molecule has 0 fully saturated rings. The number of sulfonamides is 1. The third-order valence-corrected chi connectivity index (χ3v) is 5.21. The van der Waals surface area contributed by atoms with Gasteiger partial charge in [0.2, 0.25) is 15.9 Å². The SMILES string of the molecule is CC(=O)N(CCNS(=O)(=O)c1ccccc1)c1ccc(Br)cc1. The Hall–Kier alpha value is -1.70. The third kappa shape index (κ3) is 4.89. The van der Waals surface area contributed by atoms with Crippen LogP contribution in [0.1, 0.15) is 6.92 Å². The van der Waals surface area contributed by atoms with Gasteiger partial charge in [-0.25, -0.2) is 13.1 Å². The quantitative estimate of drug-likeness (QED) is 0.815. The molecule has 0 aromatic heterocycles. The van der Waals surface area contributed by atoms with E-state index >= 15 is 0 Å². The van der Waals surface area contributed by atoms with Gasteiger partial charge in [0.25, 0.3) is 0 Å². The van der Waals surface area contributed by atoms with Gasteiger partial charge in [-0.2, -0.15) is 0 Å². The number of hydrogen-bond donors (Lipinski definition) is 1. The number of nitrogens with one attached hydrogen (secondary N) is 1. The van der Waals surface area contributed by atoms with Crippen molar-refractivity contribution < 1.29 is 13.2 Å². The normalized spacial score (nSPS) is 11.2. The summed E-state index contributed by atoms with van der Waals surface area (Å²) in [7, 11) is -3.57. The number of anilines is 1. The highest BCUT2D eigenvalue weighted by atomic mass is 79.9. The molecule has 2 aromatic rings. The van der Waals surface area contributed by atoms with E-state index in [1.54, 1.807) is 30.3 Å². The molecule has 0 saturated heterocycles. The molecule has 0 bridgehead atoms. The summed E-state index contributed by atoms with van der Waals surface area (Å²) >= 11 is 3.34. The summed E-state index contributed by atoms with van der Waals surface area (Å²) in [5.74, 6) is -0.147. The Morgan fingerprint density at radius 3 is 2.26 bits per heavy atom. The molecule has 0 aliphatic rings. The van der Waals surface area contributed by atoms with Gasteiger partial charge in [-0.15, -0.1) is 0 Å². The number of carbonyl (C=O) groups excluding carboxylic acids is 1. The van der Waals surface area contributed by atoms with Crippen LogP contribution in [0.3, 0.4) is 0 Å². The number of amides is 1. The minimum absolute atomic E-state index is 0.132. The van der Waals surface area contributed by atoms with Crippen molar-refractivity contribution in [2.45, 2.75) is 11.8 Å². The van der Waals surface area contributed by atoms with E-state index in [1.807, 2.05) is 12.1 Å². The standard InChI is InChI=1S/C16H17BrN2O3S/c1-13(20)19(15-9-7-14(17)8-10-15)12-11-18-23(21,22)16-5-3-2-4-6-16/h2-10,18H,11-12H2,1H3. The van der Waals surface area contributed by atoms with Crippen molar-refractivity contribution in [3.8, 4) is 0 Å². The zero-order valence-electron chi connectivity index (χ0n) is 12.6. The van der Waals surface area contributed by atoms with Gasteiger partial charge >= 0.3 is 0 Å². The smallest absolute Gasteiger partial charge is 0.240 e. The second-order valence-corrected chi connectivity index (χ2v) is 7.54. The molecule has 2 rings (SSSR count). The summed E-state index contributed by atoms with van der Waals surface area (Å²) in [4.78, 5) is 13.5. The molecule has 122 valence electrons. The van der Waals surface area contributed by atoms with Gasteiger partial charge in [-0.1, -0.05) is 34.1 Å². The summed E-state index contributed by atoms with van der Waals surface area (Å²) in [6.07, 6.45) is 0. The topological polar surface area (TPSA) is 66.5 Å². The van der Waals surface area contributed by atoms with E-state index in [1.165, 1.54) is 24.0 Å². The van der Waals surface area contributed by atoms with Crippen LogP contribution in [-0.4, -0.2) is 27.4 Å². The third-order valence-electron chi connectivity index (χ3n) is 3.20. The Kier molecular flexibility index (Phi) is 5.92. The predicted molar refractivity (Wildman–Crippen MR) is 93.8 cm³/mol. The molecule has 2 aromatic carbocycles. The largest absolute Gasteiger partial charge is 0.311 e. The summed E-state index contributed by atoms with van der Waals surface area (Å²) < 4.78 is 27.7. The van der Waals surface area contributed by atoms with E-state index in [-0.39, 0.29) is 23.9 Å². The summed E-state index contributed by atoms with van der Waals surface area (Å²) in [6.45, 7) is 1.84. The maximum Gasteiger partial charge on any atom is 0.240 e. The van der Waals surface area contributed by atoms with Gasteiger partial charge in [0.05, 0.1) is 4.90 Å². The molecule has 0 aliphatic heterocycles. The number of nitrogens with zero attached hydrogens (tertiary/aromatic N) is 1. The highest BCUT2D eigenvalue weighted by molar-refractivity contribution is 9.10. The molecule has 7 heteroatoms. The number of rotatable bonds is 6. The van der Waals surface area contributed by atoms with E-state index in [0.29, 0.717) is 0 Å². The first-order chi connectivity index (χ1) is 10.9. The summed E-state index contributed by atoms with van der Waals surface area (Å²) in [5.41, 5.74) is 0.722. The number of halogens is 1. The average Bonchev–Trinajstić information content (AvgIpc) is 2.53. The Morgan fingerprint density at radius 2 is 1.70 bits per heavy atom. The Bertz CT molecular complexity index is 762. The van der Waals surface area contributed by atoms with Crippen LogP contribution in [0.5, 0.6) is 0 Å². The minimum atomic E-state index is -3.57. The lowest BCUT2D eigenvalue weighted by atomic mass is 10.3. The van der Waals surface area contributed by atoms with Crippen molar-refractivity contribution in [1.29, 1.82) is 0 Å². The van der Waals surface area contributed by atoms with Gasteiger partial charge in [0, 0.05) is 30.2 Å². The van der Waals surface area contributed by atoms with Crippen LogP contribution in [-0.2, 0) is 14.8 Å². The van der Waals surface area contributed by atoms with E-state index in [9.17, 15) is 13.2 Å². The van der Waals surface area contributed by atoms with Crippen LogP contribution in [0.4, 0.5) is 5.69 Å². The summed E-state index contributed by atoms with van der Waals surface area (Å²) in [5, 5.41) is 0. The van der Waals surface area contributed by atoms with Crippen molar-refractivity contribution in [1.82, 2.24) is 4.72 Å². The van der Waals surface area contributed by atoms with E-state index in [0.717, 1.165) is 10.2 Å². The van der Waals surface area contributed by atoms with Gasteiger partial charge in [-0.05, 0) is 36.4 Å². The second-order valence-electron chi connectivity index (χ2n) is 4.86. The first kappa shape index (κ1) is 17.7. The van der Waals surface area contributed by atoms with E-state index < -0.39 is 10.0 Å². The average molecular weight is 397 g/mol. The van der Waals surface area contributed by atoms with Crippen LogP contribution in [0, 0.1) is 0 Å². The molecule has 0 aliphatic carbocycles. The molecule has 0 radical (unpaired) electrons. The lowest BCUT2D eigenvalue weighted by Crippen LogP contribution is -2.37. The van der Waals surface area contributed by atoms with Gasteiger partial charge in [-0.3, -0.25) is 4.79 Å². The summed E-state index contributed by atoms with van der Waals surface area (Å²) in [6, 6.07) is 15.4. The fraction of sp³-hybridized carbons (Fsp3) is 0.188. The van der Waals surface area contributed by atoms with E-state index in [2.05, 4.69) is 20.7 Å². The van der Waals surface area contributed by atoms with E-state index in [4.69, 9.17) is 0 Å². The van der Waals surface area contributed by atoms with Crippen LogP contribution >= 0.6 is 15.9 Å². The van der Waals surface area contributed by atoms with Crippen molar-refractivity contribution in [2.75, 3.05) is 18.0 Å². The van der Waals surface area contributed by atoms with Crippen molar-refractivity contribution >= 4 is 37.5 Å². The minimum Gasteiger partial charge on any atom is -0.311 e. The Morgan fingerprint density at radius 1 is 1.09 bits per heavy atom. The molecule has 0 atom stereocenters. The second kappa shape index (κ2) is 7.72. The molecule has 0 unspecified atom stereocenters. The van der Waals surface area contributed by atoms with Crippen LogP contribution in [0.2, 0.25) is 0 Å². The molecule has 23 heavy (non-hydrogen) atoms. The zero-order valence-corrected chi connectivity index (χ0v) is 15.0. The lowest BCUT2D eigenvalue weighted by Gasteiger charge is -2.21. The fourth-order valence-corrected chi connectivity index (χ4v) is 3.37. The molecule has 5 nitrogen and oxygen atoms in total. The molecule has 0 heterocycles.